The second-order valence-electron chi connectivity index (χ2n) is 4.92. The van der Waals surface area contributed by atoms with Crippen LogP contribution in [0.2, 0.25) is 10.0 Å². The monoisotopic (exact) mass is 352 g/mol. The lowest BCUT2D eigenvalue weighted by molar-refractivity contribution is -0.129. The van der Waals surface area contributed by atoms with Gasteiger partial charge in [0.05, 0.1) is 22.2 Å². The molecule has 0 radical (unpaired) electrons. The van der Waals surface area contributed by atoms with Crippen molar-refractivity contribution in [2.75, 3.05) is 40.0 Å². The lowest BCUT2D eigenvalue weighted by Crippen LogP contribution is -2.36. The molecule has 118 valence electrons. The van der Waals surface area contributed by atoms with Gasteiger partial charge in [0.1, 0.15) is 0 Å². The molecule has 0 aliphatic rings. The lowest BCUT2D eigenvalue weighted by Gasteiger charge is -2.19. The molecule has 0 atom stereocenters. The highest BCUT2D eigenvalue weighted by molar-refractivity contribution is 7.91. The quantitative estimate of drug-likeness (QED) is 0.782. The summed E-state index contributed by atoms with van der Waals surface area (Å²) in [5.74, 6) is -0.222. The van der Waals surface area contributed by atoms with Gasteiger partial charge >= 0.3 is 0 Å². The first-order chi connectivity index (χ1) is 9.63. The van der Waals surface area contributed by atoms with Gasteiger partial charge in [0, 0.05) is 25.7 Å². The van der Waals surface area contributed by atoms with Crippen LogP contribution in [0.1, 0.15) is 0 Å². The molecule has 1 aromatic rings. The largest absolute Gasteiger partial charge is 0.348 e. The summed E-state index contributed by atoms with van der Waals surface area (Å²) in [7, 11) is 1.45. The number of likely N-dealkylation sites (N-methyl/N-ethyl adjacent to an activating group) is 2. The van der Waals surface area contributed by atoms with E-state index < -0.39 is 9.84 Å². The Labute approximate surface area is 135 Å². The van der Waals surface area contributed by atoms with Gasteiger partial charge in [0.2, 0.25) is 5.91 Å². The van der Waals surface area contributed by atoms with Crippen LogP contribution in [0.25, 0.3) is 0 Å². The molecule has 1 amide bonds. The number of carbonyl (C=O) groups excluding carboxylic acids is 1. The van der Waals surface area contributed by atoms with Crippen LogP contribution in [0.3, 0.4) is 0 Å². The average Bonchev–Trinajstić information content (AvgIpc) is 2.39. The summed E-state index contributed by atoms with van der Waals surface area (Å²) in [5.41, 5.74) is 0. The molecular formula is C13H18Cl2N2O3S. The molecular weight excluding hydrogens is 335 g/mol. The topological polar surface area (TPSA) is 57.7 Å². The van der Waals surface area contributed by atoms with Gasteiger partial charge in [0.15, 0.2) is 9.84 Å². The van der Waals surface area contributed by atoms with Crippen molar-refractivity contribution in [2.24, 2.45) is 0 Å². The van der Waals surface area contributed by atoms with Crippen molar-refractivity contribution in [1.82, 2.24) is 9.80 Å². The Morgan fingerprint density at radius 2 is 1.81 bits per heavy atom. The van der Waals surface area contributed by atoms with Crippen LogP contribution < -0.4 is 0 Å². The van der Waals surface area contributed by atoms with Crippen LogP contribution in [0.5, 0.6) is 0 Å². The fraction of sp³-hybridized carbons (Fsp3) is 0.462. The number of nitrogens with zero attached hydrogens (tertiary/aromatic N) is 2. The summed E-state index contributed by atoms with van der Waals surface area (Å²) >= 11 is 11.7. The molecule has 1 rings (SSSR count). The molecule has 8 heteroatoms. The lowest BCUT2D eigenvalue weighted by atomic mass is 10.4. The van der Waals surface area contributed by atoms with Crippen LogP contribution >= 0.6 is 23.2 Å². The number of carbonyl (C=O) groups is 1. The first-order valence-electron chi connectivity index (χ1n) is 6.20. The Bertz CT molecular complexity index is 618. The van der Waals surface area contributed by atoms with Gasteiger partial charge in [-0.1, -0.05) is 23.2 Å². The number of hydrogen-bond donors (Lipinski definition) is 0. The third-order valence-corrected chi connectivity index (χ3v) is 5.28. The fourth-order valence-corrected chi connectivity index (χ4v) is 3.70. The van der Waals surface area contributed by atoms with Crippen LogP contribution in [-0.2, 0) is 14.6 Å². The normalized spacial score (nSPS) is 11.7. The van der Waals surface area contributed by atoms with Crippen molar-refractivity contribution in [1.29, 1.82) is 0 Å². The van der Waals surface area contributed by atoms with E-state index >= 15 is 0 Å². The second kappa shape index (κ2) is 7.45. The summed E-state index contributed by atoms with van der Waals surface area (Å²) in [6.07, 6.45) is 0. The highest BCUT2D eigenvalue weighted by atomic mass is 35.5. The smallest absolute Gasteiger partial charge is 0.236 e. The van der Waals surface area contributed by atoms with Crippen molar-refractivity contribution < 1.29 is 13.2 Å². The summed E-state index contributed by atoms with van der Waals surface area (Å²) < 4.78 is 24.5. The highest BCUT2D eigenvalue weighted by Crippen LogP contribution is 2.25. The maximum Gasteiger partial charge on any atom is 0.236 e. The van der Waals surface area contributed by atoms with Crippen molar-refractivity contribution >= 4 is 38.9 Å². The first-order valence-corrected chi connectivity index (χ1v) is 8.61. The Morgan fingerprint density at radius 1 is 1.19 bits per heavy atom. The van der Waals surface area contributed by atoms with E-state index in [1.54, 1.807) is 26.0 Å². The van der Waals surface area contributed by atoms with Gasteiger partial charge in [-0.2, -0.15) is 0 Å². The van der Waals surface area contributed by atoms with Crippen molar-refractivity contribution in [2.45, 2.75) is 4.90 Å². The molecule has 0 fully saturated rings. The maximum atomic E-state index is 12.3. The number of benzene rings is 1. The zero-order valence-electron chi connectivity index (χ0n) is 12.1. The molecule has 0 aliphatic heterocycles. The molecule has 0 saturated carbocycles. The standard InChI is InChI=1S/C13H18Cl2N2O3S/c1-16(2)13(18)9-17(3)6-7-21(19,20)12-8-10(14)4-5-11(12)15/h4-5,8H,6-7,9H2,1-3H3. The Hall–Kier alpha value is -0.820. The van der Waals surface area contributed by atoms with E-state index in [9.17, 15) is 13.2 Å². The van der Waals surface area contributed by atoms with Gasteiger partial charge < -0.3 is 4.90 Å². The molecule has 0 saturated heterocycles. The molecule has 5 nitrogen and oxygen atoms in total. The number of sulfone groups is 1. The Kier molecular flexibility index (Phi) is 6.46. The van der Waals surface area contributed by atoms with Crippen LogP contribution in [0.4, 0.5) is 0 Å². The van der Waals surface area contributed by atoms with Crippen molar-refractivity contribution in [3.8, 4) is 0 Å². The Balaban J connectivity index is 2.73. The predicted octanol–water partition coefficient (Wildman–Crippen LogP) is 1.79. The SMILES string of the molecule is CN(CCS(=O)(=O)c1cc(Cl)ccc1Cl)CC(=O)N(C)C. The van der Waals surface area contributed by atoms with Crippen LogP contribution in [0, 0.1) is 0 Å². The third kappa shape index (κ3) is 5.47. The summed E-state index contributed by atoms with van der Waals surface area (Å²) in [6.45, 7) is 0.385. The molecule has 0 spiro atoms. The number of hydrogen-bond acceptors (Lipinski definition) is 4. The minimum atomic E-state index is -3.55. The molecule has 0 aromatic heterocycles. The molecule has 0 bridgehead atoms. The highest BCUT2D eigenvalue weighted by Gasteiger charge is 2.20. The summed E-state index contributed by atoms with van der Waals surface area (Å²) in [5, 5.41) is 0.459. The minimum absolute atomic E-state index is 0.0176. The van der Waals surface area contributed by atoms with E-state index in [0.717, 1.165) is 0 Å². The van der Waals surface area contributed by atoms with Crippen LogP contribution in [0.15, 0.2) is 23.1 Å². The fourth-order valence-electron chi connectivity index (χ4n) is 1.55. The first kappa shape index (κ1) is 18.2. The molecule has 0 N–H and O–H groups in total. The number of amides is 1. The van der Waals surface area contributed by atoms with Gasteiger partial charge in [-0.05, 0) is 25.2 Å². The van der Waals surface area contributed by atoms with Gasteiger partial charge in [0.25, 0.3) is 0 Å². The Morgan fingerprint density at radius 3 is 2.38 bits per heavy atom. The van der Waals surface area contributed by atoms with Gasteiger partial charge in [-0.3, -0.25) is 9.69 Å². The van der Waals surface area contributed by atoms with E-state index in [4.69, 9.17) is 23.2 Å². The molecule has 21 heavy (non-hydrogen) atoms. The summed E-state index contributed by atoms with van der Waals surface area (Å²) in [6, 6.07) is 4.32. The van der Waals surface area contributed by atoms with E-state index in [2.05, 4.69) is 0 Å². The third-order valence-electron chi connectivity index (χ3n) is 2.87. The maximum absolute atomic E-state index is 12.3. The summed E-state index contributed by atoms with van der Waals surface area (Å²) in [4.78, 5) is 14.7. The van der Waals surface area contributed by atoms with E-state index in [1.807, 2.05) is 0 Å². The molecule has 0 aliphatic carbocycles. The average molecular weight is 353 g/mol. The molecule has 1 aromatic carbocycles. The van der Waals surface area contributed by atoms with Crippen molar-refractivity contribution in [3.05, 3.63) is 28.2 Å². The second-order valence-corrected chi connectivity index (χ2v) is 7.84. The predicted molar refractivity (Wildman–Crippen MR) is 84.7 cm³/mol. The van der Waals surface area contributed by atoms with Gasteiger partial charge in [-0.25, -0.2) is 8.42 Å². The van der Waals surface area contributed by atoms with E-state index in [-0.39, 0.29) is 34.7 Å². The zero-order chi connectivity index (χ0) is 16.2. The number of rotatable bonds is 6. The van der Waals surface area contributed by atoms with E-state index in [1.165, 1.54) is 23.1 Å². The molecule has 0 unspecified atom stereocenters. The zero-order valence-corrected chi connectivity index (χ0v) is 14.5. The van der Waals surface area contributed by atoms with Gasteiger partial charge in [-0.15, -0.1) is 0 Å². The number of halogens is 2. The van der Waals surface area contributed by atoms with E-state index in [0.29, 0.717) is 5.02 Å². The van der Waals surface area contributed by atoms with Crippen molar-refractivity contribution in [3.63, 3.8) is 0 Å². The molecule has 0 heterocycles. The van der Waals surface area contributed by atoms with Crippen LogP contribution in [-0.4, -0.2) is 64.1 Å². The minimum Gasteiger partial charge on any atom is -0.348 e.